The Balaban J connectivity index is 1.94. The van der Waals surface area contributed by atoms with E-state index in [0.29, 0.717) is 0 Å². The van der Waals surface area contributed by atoms with E-state index in [1.807, 2.05) is 0 Å². The van der Waals surface area contributed by atoms with Gasteiger partial charge >= 0.3 is 0 Å². The summed E-state index contributed by atoms with van der Waals surface area (Å²) >= 11 is 1.80. The molecule has 0 atom stereocenters. The van der Waals surface area contributed by atoms with Crippen LogP contribution in [-0.2, 0) is 0 Å². The van der Waals surface area contributed by atoms with E-state index in [2.05, 4.69) is 32.0 Å². The molecule has 1 nitrogen and oxygen atoms in total. The zero-order valence-corrected chi connectivity index (χ0v) is 11.6. The highest BCUT2D eigenvalue weighted by Gasteiger charge is 2.28. The quantitative estimate of drug-likeness (QED) is 0.815. The maximum absolute atomic E-state index is 10.4. The predicted octanol–water partition coefficient (Wildman–Crippen LogP) is 4.09. The lowest BCUT2D eigenvalue weighted by atomic mass is 9.86. The van der Waals surface area contributed by atoms with Crippen LogP contribution in [0.5, 0.6) is 0 Å². The zero-order chi connectivity index (χ0) is 12.3. The second-order valence-electron chi connectivity index (χ2n) is 5.32. The topological polar surface area (TPSA) is 20.2 Å². The van der Waals surface area contributed by atoms with Gasteiger partial charge in [0.1, 0.15) is 0 Å². The van der Waals surface area contributed by atoms with Gasteiger partial charge in [-0.3, -0.25) is 0 Å². The minimum atomic E-state index is -0.415. The second-order valence-corrected chi connectivity index (χ2v) is 6.37. The average Bonchev–Trinajstić information content (AvgIpc) is 2.32. The van der Waals surface area contributed by atoms with Crippen molar-refractivity contribution in [2.75, 3.05) is 5.75 Å². The molecule has 1 fully saturated rings. The Kier molecular flexibility index (Phi) is 4.16. The number of thioether (sulfide) groups is 1. The van der Waals surface area contributed by atoms with E-state index < -0.39 is 5.60 Å². The third-order valence-corrected chi connectivity index (χ3v) is 5.04. The number of aryl methyl sites for hydroxylation is 2. The summed E-state index contributed by atoms with van der Waals surface area (Å²) in [5, 5.41) is 10.4. The van der Waals surface area contributed by atoms with E-state index in [1.165, 1.54) is 35.3 Å². The van der Waals surface area contributed by atoms with E-state index in [1.54, 1.807) is 11.8 Å². The number of hydrogen-bond donors (Lipinski definition) is 1. The Morgan fingerprint density at radius 1 is 1.12 bits per heavy atom. The minimum Gasteiger partial charge on any atom is -0.389 e. The van der Waals surface area contributed by atoms with Crippen LogP contribution in [0.3, 0.4) is 0 Å². The molecule has 0 aromatic heterocycles. The molecular weight excluding hydrogens is 228 g/mol. The summed E-state index contributed by atoms with van der Waals surface area (Å²) in [6.45, 7) is 4.28. The summed E-state index contributed by atoms with van der Waals surface area (Å²) in [4.78, 5) is 1.28. The van der Waals surface area contributed by atoms with Gasteiger partial charge in [0.2, 0.25) is 0 Å². The van der Waals surface area contributed by atoms with Crippen LogP contribution >= 0.6 is 11.8 Å². The second kappa shape index (κ2) is 5.45. The molecule has 0 bridgehead atoms. The maximum Gasteiger partial charge on any atom is 0.0741 e. The van der Waals surface area contributed by atoms with Crippen molar-refractivity contribution in [1.29, 1.82) is 0 Å². The van der Waals surface area contributed by atoms with E-state index in [-0.39, 0.29) is 0 Å². The molecule has 1 saturated carbocycles. The van der Waals surface area contributed by atoms with Crippen molar-refractivity contribution in [2.24, 2.45) is 0 Å². The normalized spacial score (nSPS) is 19.2. The minimum absolute atomic E-state index is 0.415. The number of aliphatic hydroxyl groups is 1. The Morgan fingerprint density at radius 3 is 2.47 bits per heavy atom. The van der Waals surface area contributed by atoms with Gasteiger partial charge in [0.15, 0.2) is 0 Å². The average molecular weight is 250 g/mol. The Bertz CT molecular complexity index is 381. The lowest BCUT2D eigenvalue weighted by Crippen LogP contribution is -2.33. The van der Waals surface area contributed by atoms with Crippen molar-refractivity contribution in [3.05, 3.63) is 29.3 Å². The van der Waals surface area contributed by atoms with Crippen LogP contribution in [0, 0.1) is 13.8 Å². The highest BCUT2D eigenvalue weighted by molar-refractivity contribution is 7.99. The van der Waals surface area contributed by atoms with Crippen LogP contribution in [0.4, 0.5) is 0 Å². The fourth-order valence-electron chi connectivity index (χ4n) is 2.38. The number of hydrogen-bond acceptors (Lipinski definition) is 2. The summed E-state index contributed by atoms with van der Waals surface area (Å²) < 4.78 is 0. The lowest BCUT2D eigenvalue weighted by molar-refractivity contribution is 0.0273. The first-order chi connectivity index (χ1) is 8.09. The van der Waals surface area contributed by atoms with Crippen molar-refractivity contribution in [1.82, 2.24) is 0 Å². The van der Waals surface area contributed by atoms with Gasteiger partial charge in [-0.25, -0.2) is 0 Å². The molecule has 2 rings (SSSR count). The van der Waals surface area contributed by atoms with Gasteiger partial charge in [-0.05, 0) is 49.9 Å². The summed E-state index contributed by atoms with van der Waals surface area (Å²) in [5.74, 6) is 0.843. The van der Waals surface area contributed by atoms with E-state index in [4.69, 9.17) is 0 Å². The molecule has 94 valence electrons. The van der Waals surface area contributed by atoms with Crippen molar-refractivity contribution in [3.63, 3.8) is 0 Å². The molecule has 0 radical (unpaired) electrons. The fourth-order valence-corrected chi connectivity index (χ4v) is 3.52. The predicted molar refractivity (Wildman–Crippen MR) is 74.7 cm³/mol. The summed E-state index contributed by atoms with van der Waals surface area (Å²) in [6.07, 6.45) is 5.61. The molecule has 1 aliphatic carbocycles. The molecule has 0 aliphatic heterocycles. The fraction of sp³-hybridized carbons (Fsp3) is 0.600. The van der Waals surface area contributed by atoms with E-state index in [9.17, 15) is 5.11 Å². The van der Waals surface area contributed by atoms with E-state index in [0.717, 1.165) is 18.6 Å². The van der Waals surface area contributed by atoms with Gasteiger partial charge in [-0.2, -0.15) is 0 Å². The molecule has 17 heavy (non-hydrogen) atoms. The van der Waals surface area contributed by atoms with Gasteiger partial charge in [0.05, 0.1) is 5.60 Å². The number of benzene rings is 1. The molecule has 0 heterocycles. The molecular formula is C15H22OS. The van der Waals surface area contributed by atoms with Crippen molar-refractivity contribution in [2.45, 2.75) is 56.4 Å². The smallest absolute Gasteiger partial charge is 0.0741 e. The highest BCUT2D eigenvalue weighted by Crippen LogP contribution is 2.33. The molecule has 0 amide bonds. The number of rotatable bonds is 3. The molecule has 0 spiro atoms. The molecule has 1 aromatic rings. The zero-order valence-electron chi connectivity index (χ0n) is 10.8. The van der Waals surface area contributed by atoms with Crippen molar-refractivity contribution >= 4 is 11.8 Å². The summed E-state index contributed by atoms with van der Waals surface area (Å²) in [7, 11) is 0. The van der Waals surface area contributed by atoms with Crippen LogP contribution in [0.25, 0.3) is 0 Å². The van der Waals surface area contributed by atoms with Gasteiger partial charge in [0, 0.05) is 10.6 Å². The third kappa shape index (κ3) is 3.49. The van der Waals surface area contributed by atoms with Crippen LogP contribution in [-0.4, -0.2) is 16.5 Å². The van der Waals surface area contributed by atoms with Crippen molar-refractivity contribution < 1.29 is 5.11 Å². The summed E-state index contributed by atoms with van der Waals surface area (Å²) in [5.41, 5.74) is 2.26. The first kappa shape index (κ1) is 13.0. The van der Waals surface area contributed by atoms with Gasteiger partial charge < -0.3 is 5.11 Å². The Labute approximate surface area is 109 Å². The standard InChI is InChI=1S/C15H22OS/c1-12-6-7-14(10-13(12)2)17-11-15(16)8-4-3-5-9-15/h6-7,10,16H,3-5,8-9,11H2,1-2H3. The lowest BCUT2D eigenvalue weighted by Gasteiger charge is -2.31. The molecule has 1 aliphatic rings. The van der Waals surface area contributed by atoms with E-state index >= 15 is 0 Å². The highest BCUT2D eigenvalue weighted by atomic mass is 32.2. The van der Waals surface area contributed by atoms with Crippen LogP contribution in [0.1, 0.15) is 43.2 Å². The maximum atomic E-state index is 10.4. The first-order valence-electron chi connectivity index (χ1n) is 6.52. The summed E-state index contributed by atoms with van der Waals surface area (Å²) in [6, 6.07) is 6.56. The molecule has 0 saturated heterocycles. The Hall–Kier alpha value is -0.470. The van der Waals surface area contributed by atoms with Gasteiger partial charge in [-0.15, -0.1) is 11.8 Å². The Morgan fingerprint density at radius 2 is 1.82 bits per heavy atom. The van der Waals surface area contributed by atoms with Gasteiger partial charge in [0.25, 0.3) is 0 Å². The van der Waals surface area contributed by atoms with Crippen LogP contribution in [0.2, 0.25) is 0 Å². The largest absolute Gasteiger partial charge is 0.389 e. The molecule has 0 unspecified atom stereocenters. The SMILES string of the molecule is Cc1ccc(SCC2(O)CCCCC2)cc1C. The van der Waals surface area contributed by atoms with Crippen molar-refractivity contribution in [3.8, 4) is 0 Å². The van der Waals surface area contributed by atoms with Crippen LogP contribution in [0.15, 0.2) is 23.1 Å². The molecule has 2 heteroatoms. The van der Waals surface area contributed by atoms with Gasteiger partial charge in [-0.1, -0.05) is 25.3 Å². The third-order valence-electron chi connectivity index (χ3n) is 3.77. The first-order valence-corrected chi connectivity index (χ1v) is 7.50. The monoisotopic (exact) mass is 250 g/mol. The molecule has 1 aromatic carbocycles. The van der Waals surface area contributed by atoms with Crippen LogP contribution < -0.4 is 0 Å². The molecule has 1 N–H and O–H groups in total.